The van der Waals surface area contributed by atoms with Crippen molar-refractivity contribution in [3.63, 3.8) is 0 Å². The van der Waals surface area contributed by atoms with Crippen molar-refractivity contribution in [2.75, 3.05) is 4.90 Å². The fraction of sp³-hybridized carbons (Fsp3) is 0.0145. The zero-order valence-electron chi connectivity index (χ0n) is 38.8. The summed E-state index contributed by atoms with van der Waals surface area (Å²) in [6, 6.07) is 99.6. The van der Waals surface area contributed by atoms with Gasteiger partial charge in [0.25, 0.3) is 0 Å². The lowest BCUT2D eigenvalue weighted by Crippen LogP contribution is -2.32. The normalized spacial score (nSPS) is 12.7. The largest absolute Gasteiger partial charge is 0.455 e. The summed E-state index contributed by atoms with van der Waals surface area (Å²) in [6.07, 6.45) is 0. The zero-order chi connectivity index (χ0) is 46.9. The van der Waals surface area contributed by atoms with Crippen molar-refractivity contribution in [1.82, 2.24) is 0 Å². The first-order valence-electron chi connectivity index (χ1n) is 24.5. The number of anilines is 3. The summed E-state index contributed by atoms with van der Waals surface area (Å²) in [6.45, 7) is 0. The van der Waals surface area contributed by atoms with E-state index in [9.17, 15) is 0 Å². The van der Waals surface area contributed by atoms with Crippen LogP contribution in [0.3, 0.4) is 0 Å². The predicted octanol–water partition coefficient (Wildman–Crippen LogP) is 18.6. The Morgan fingerprint density at radius 2 is 0.746 bits per heavy atom. The summed E-state index contributed by atoms with van der Waals surface area (Å²) in [5, 5.41) is 4.56. The number of para-hydroxylation sites is 1. The molecule has 12 aromatic rings. The van der Waals surface area contributed by atoms with Crippen LogP contribution >= 0.6 is 0 Å². The minimum absolute atomic E-state index is 0.601. The molecule has 0 bridgehead atoms. The number of hydrogen-bond donors (Lipinski definition) is 0. The van der Waals surface area contributed by atoms with Crippen molar-refractivity contribution in [2.45, 2.75) is 5.41 Å². The van der Waals surface area contributed by atoms with E-state index in [0.29, 0.717) is 0 Å². The Morgan fingerprint density at radius 3 is 1.44 bits per heavy atom. The highest BCUT2D eigenvalue weighted by molar-refractivity contribution is 6.00. The lowest BCUT2D eigenvalue weighted by Gasteiger charge is -2.40. The lowest BCUT2D eigenvalue weighted by molar-refractivity contribution is 0.447. The molecule has 1 aliphatic carbocycles. The van der Waals surface area contributed by atoms with Crippen LogP contribution in [-0.4, -0.2) is 0 Å². The fourth-order valence-corrected chi connectivity index (χ4v) is 11.7. The number of fused-ring (bicyclic) bond motifs is 13. The lowest BCUT2D eigenvalue weighted by atomic mass is 9.65. The van der Waals surface area contributed by atoms with Gasteiger partial charge in [-0.15, -0.1) is 0 Å². The molecule has 0 atom stereocenters. The van der Waals surface area contributed by atoms with Gasteiger partial charge in [0.05, 0.1) is 11.1 Å². The van der Waals surface area contributed by atoms with E-state index in [1.807, 2.05) is 0 Å². The molecule has 0 fully saturated rings. The van der Waals surface area contributed by atoms with E-state index in [1.54, 1.807) is 0 Å². The van der Waals surface area contributed by atoms with E-state index >= 15 is 0 Å². The Morgan fingerprint density at radius 1 is 0.268 bits per heavy atom. The maximum atomic E-state index is 7.20. The predicted molar refractivity (Wildman–Crippen MR) is 295 cm³/mol. The van der Waals surface area contributed by atoms with E-state index in [1.165, 1.54) is 61.2 Å². The zero-order valence-corrected chi connectivity index (χ0v) is 38.8. The van der Waals surface area contributed by atoms with E-state index in [-0.39, 0.29) is 0 Å². The van der Waals surface area contributed by atoms with Crippen LogP contribution in [-0.2, 0) is 5.41 Å². The number of ether oxygens (including phenoxy) is 1. The fourth-order valence-electron chi connectivity index (χ4n) is 11.7. The van der Waals surface area contributed by atoms with Crippen molar-refractivity contribution < 1.29 is 4.74 Å². The molecule has 0 unspecified atom stereocenters. The summed E-state index contributed by atoms with van der Waals surface area (Å²) in [5.74, 6) is 1.85. The van der Waals surface area contributed by atoms with Crippen molar-refractivity contribution in [1.29, 1.82) is 0 Å². The van der Waals surface area contributed by atoms with E-state index < -0.39 is 5.41 Å². The summed E-state index contributed by atoms with van der Waals surface area (Å²) < 4.78 is 7.20. The van der Waals surface area contributed by atoms with Gasteiger partial charge in [0, 0.05) is 38.8 Å². The second kappa shape index (κ2) is 16.5. The van der Waals surface area contributed by atoms with E-state index in [2.05, 4.69) is 278 Å². The molecule has 2 aliphatic rings. The van der Waals surface area contributed by atoms with Crippen LogP contribution < -0.4 is 9.64 Å². The van der Waals surface area contributed by atoms with Gasteiger partial charge in [-0.2, -0.15) is 0 Å². The standard InChI is InChI=1S/C69H45NO/c1-3-17-46(18-4-1)51-23-15-24-52(43-51)47-33-38-55(39-34-47)70(66-32-14-12-27-57(66)48-19-5-2-6-20-48)56-26-16-25-53(44-56)54-37-40-63-61(45-54)60-30-11-13-31-62(60)69(63)64-41-35-49-21-7-9-28-58(49)67(64)71-68-59-29-10-8-22-50(59)36-42-65(68)69/h1-45H. The van der Waals surface area contributed by atoms with Crippen LogP contribution in [0, 0.1) is 0 Å². The highest BCUT2D eigenvalue weighted by atomic mass is 16.5. The average Bonchev–Trinajstić information content (AvgIpc) is 3.73. The molecule has 332 valence electrons. The molecule has 0 saturated carbocycles. The van der Waals surface area contributed by atoms with Gasteiger partial charge in [-0.25, -0.2) is 0 Å². The minimum atomic E-state index is -0.601. The quantitative estimate of drug-likeness (QED) is 0.158. The topological polar surface area (TPSA) is 12.5 Å². The maximum absolute atomic E-state index is 7.20. The minimum Gasteiger partial charge on any atom is -0.455 e. The van der Waals surface area contributed by atoms with Crippen LogP contribution in [0.1, 0.15) is 22.3 Å². The summed E-state index contributed by atoms with van der Waals surface area (Å²) in [7, 11) is 0. The molecule has 12 aromatic carbocycles. The maximum Gasteiger partial charge on any atom is 0.140 e. The molecule has 0 saturated heterocycles. The van der Waals surface area contributed by atoms with Crippen LogP contribution in [0.25, 0.3) is 77.2 Å². The molecule has 1 spiro atoms. The molecule has 0 amide bonds. The SMILES string of the molecule is c1ccc(-c2cccc(-c3ccc(N(c4cccc(-c5ccc6c(c5)-c5ccccc5C65c6ccc7ccccc7c6Oc6c5ccc5ccccc65)c4)c4ccccc4-c4ccccc4)cc3)c2)cc1. The molecule has 1 heterocycles. The highest BCUT2D eigenvalue weighted by Gasteiger charge is 2.51. The van der Waals surface area contributed by atoms with Gasteiger partial charge in [-0.1, -0.05) is 231 Å². The second-order valence-electron chi connectivity index (χ2n) is 18.7. The number of rotatable bonds is 7. The van der Waals surface area contributed by atoms with Gasteiger partial charge in [0.2, 0.25) is 0 Å². The van der Waals surface area contributed by atoms with Crippen molar-refractivity contribution in [3.05, 3.63) is 295 Å². The molecule has 14 rings (SSSR count). The van der Waals surface area contributed by atoms with Crippen molar-refractivity contribution >= 4 is 38.6 Å². The number of hydrogen-bond acceptors (Lipinski definition) is 2. The Bertz CT molecular complexity index is 3940. The first-order valence-corrected chi connectivity index (χ1v) is 24.5. The summed E-state index contributed by atoms with van der Waals surface area (Å²) >= 11 is 0. The Balaban J connectivity index is 0.925. The van der Waals surface area contributed by atoms with Crippen LogP contribution in [0.5, 0.6) is 11.5 Å². The van der Waals surface area contributed by atoms with Crippen LogP contribution in [0.2, 0.25) is 0 Å². The number of benzene rings is 12. The Kier molecular flexibility index (Phi) is 9.47. The molecule has 0 N–H and O–H groups in total. The molecule has 2 heteroatoms. The molecule has 0 radical (unpaired) electrons. The Labute approximate surface area is 414 Å². The Hall–Kier alpha value is -9.24. The molecule has 71 heavy (non-hydrogen) atoms. The summed E-state index contributed by atoms with van der Waals surface area (Å²) in [5.41, 5.74) is 19.4. The van der Waals surface area contributed by atoms with E-state index in [4.69, 9.17) is 4.74 Å². The van der Waals surface area contributed by atoms with Gasteiger partial charge in [-0.3, -0.25) is 0 Å². The monoisotopic (exact) mass is 903 g/mol. The number of nitrogens with zero attached hydrogens (tertiary/aromatic N) is 1. The first kappa shape index (κ1) is 40.8. The van der Waals surface area contributed by atoms with Gasteiger partial charge in [0.15, 0.2) is 0 Å². The third-order valence-electron chi connectivity index (χ3n) is 14.9. The second-order valence-corrected chi connectivity index (χ2v) is 18.7. The van der Waals surface area contributed by atoms with Gasteiger partial charge in [-0.05, 0) is 114 Å². The highest BCUT2D eigenvalue weighted by Crippen LogP contribution is 2.64. The van der Waals surface area contributed by atoms with Crippen molar-refractivity contribution in [2.24, 2.45) is 0 Å². The van der Waals surface area contributed by atoms with Gasteiger partial charge >= 0.3 is 0 Å². The molecular formula is C69H45NO. The summed E-state index contributed by atoms with van der Waals surface area (Å²) in [4.78, 5) is 2.41. The molecular weight excluding hydrogens is 859 g/mol. The van der Waals surface area contributed by atoms with E-state index in [0.717, 1.165) is 66.8 Å². The average molecular weight is 904 g/mol. The smallest absolute Gasteiger partial charge is 0.140 e. The van der Waals surface area contributed by atoms with Gasteiger partial charge in [0.1, 0.15) is 11.5 Å². The van der Waals surface area contributed by atoms with Crippen molar-refractivity contribution in [3.8, 4) is 67.1 Å². The molecule has 0 aromatic heterocycles. The van der Waals surface area contributed by atoms with Crippen LogP contribution in [0.4, 0.5) is 17.1 Å². The first-order chi connectivity index (χ1) is 35.2. The molecule has 2 nitrogen and oxygen atoms in total. The van der Waals surface area contributed by atoms with Crippen LogP contribution in [0.15, 0.2) is 273 Å². The molecule has 1 aliphatic heterocycles. The third-order valence-corrected chi connectivity index (χ3v) is 14.9. The third kappa shape index (κ3) is 6.49. The van der Waals surface area contributed by atoms with Gasteiger partial charge < -0.3 is 9.64 Å².